The monoisotopic (exact) mass is 634 g/mol. The Balaban J connectivity index is 1.26. The largest absolute Gasteiger partial charge is 0.415 e. The van der Waals surface area contributed by atoms with Crippen molar-refractivity contribution in [1.29, 1.82) is 0 Å². The second-order valence-corrected chi connectivity index (χ2v) is 19.2. The molecule has 0 saturated carbocycles. The minimum atomic E-state index is -1.99. The SMILES string of the molecule is CC(C)(C)[Si](C)(C)OC[C@@H](CCn1ccc2ccc(NC(=O)CSc3nc4ccccc4s3)cc21)n1cnc(C(N)=O)c1. The Hall–Kier alpha value is -3.45. The topological polar surface area (TPSA) is 117 Å². The number of aromatic nitrogens is 4. The van der Waals surface area contributed by atoms with E-state index in [0.717, 1.165) is 37.6 Å². The van der Waals surface area contributed by atoms with E-state index in [-0.39, 0.29) is 28.4 Å². The van der Waals surface area contributed by atoms with Crippen LogP contribution in [0.15, 0.2) is 71.6 Å². The van der Waals surface area contributed by atoms with Gasteiger partial charge >= 0.3 is 0 Å². The average molecular weight is 635 g/mol. The highest BCUT2D eigenvalue weighted by molar-refractivity contribution is 8.01. The Morgan fingerprint density at radius 2 is 1.95 bits per heavy atom. The molecule has 0 unspecified atom stereocenters. The van der Waals surface area contributed by atoms with Crippen molar-refractivity contribution < 1.29 is 14.0 Å². The molecule has 2 aromatic carbocycles. The molecule has 0 saturated heterocycles. The molecule has 3 aromatic heterocycles. The highest BCUT2D eigenvalue weighted by Gasteiger charge is 2.37. The zero-order valence-corrected chi connectivity index (χ0v) is 27.8. The van der Waals surface area contributed by atoms with Crippen LogP contribution >= 0.6 is 23.1 Å². The lowest BCUT2D eigenvalue weighted by Gasteiger charge is -2.37. The highest BCUT2D eigenvalue weighted by atomic mass is 32.2. The number of aryl methyl sites for hydroxylation is 1. The van der Waals surface area contributed by atoms with Gasteiger partial charge in [-0.05, 0) is 60.3 Å². The molecule has 1 atom stereocenters. The summed E-state index contributed by atoms with van der Waals surface area (Å²) >= 11 is 3.05. The van der Waals surface area contributed by atoms with Crippen molar-refractivity contribution in [3.8, 4) is 0 Å². The Labute approximate surface area is 261 Å². The fraction of sp³-hybridized carbons (Fsp3) is 0.355. The van der Waals surface area contributed by atoms with Crippen LogP contribution in [0.2, 0.25) is 18.1 Å². The third-order valence-electron chi connectivity index (χ3n) is 8.08. The van der Waals surface area contributed by atoms with Crippen LogP contribution in [-0.2, 0) is 15.8 Å². The Bertz CT molecular complexity index is 1720. The van der Waals surface area contributed by atoms with Gasteiger partial charge in [-0.3, -0.25) is 9.59 Å². The number of carbonyl (C=O) groups excluding carboxylic acids is 2. The van der Waals surface area contributed by atoms with Gasteiger partial charge in [0.25, 0.3) is 5.91 Å². The number of amides is 2. The molecule has 0 aliphatic carbocycles. The van der Waals surface area contributed by atoms with E-state index in [2.05, 4.69) is 66.0 Å². The number of benzene rings is 2. The summed E-state index contributed by atoms with van der Waals surface area (Å²) in [4.78, 5) is 33.3. The van der Waals surface area contributed by atoms with Gasteiger partial charge < -0.3 is 24.6 Å². The molecule has 5 rings (SSSR count). The molecule has 3 heterocycles. The fourth-order valence-electron chi connectivity index (χ4n) is 4.49. The lowest BCUT2D eigenvalue weighted by Crippen LogP contribution is -2.42. The summed E-state index contributed by atoms with van der Waals surface area (Å²) in [6, 6.07) is 16.0. The first-order valence-electron chi connectivity index (χ1n) is 14.2. The van der Waals surface area contributed by atoms with E-state index in [0.29, 0.717) is 13.2 Å². The summed E-state index contributed by atoms with van der Waals surface area (Å²) < 4.78 is 12.7. The van der Waals surface area contributed by atoms with E-state index in [1.54, 1.807) is 23.9 Å². The van der Waals surface area contributed by atoms with Crippen molar-refractivity contribution in [2.75, 3.05) is 17.7 Å². The number of carbonyl (C=O) groups is 2. The molecule has 0 bridgehead atoms. The minimum Gasteiger partial charge on any atom is -0.415 e. The number of thiazole rings is 1. The van der Waals surface area contributed by atoms with Crippen molar-refractivity contribution in [3.63, 3.8) is 0 Å². The van der Waals surface area contributed by atoms with Gasteiger partial charge in [-0.25, -0.2) is 9.97 Å². The Morgan fingerprint density at radius 3 is 2.67 bits per heavy atom. The summed E-state index contributed by atoms with van der Waals surface area (Å²) in [5, 5.41) is 4.21. The molecule has 12 heteroatoms. The summed E-state index contributed by atoms with van der Waals surface area (Å²) in [6.45, 7) is 12.4. The zero-order valence-electron chi connectivity index (χ0n) is 25.2. The van der Waals surface area contributed by atoms with E-state index in [9.17, 15) is 9.59 Å². The molecule has 0 spiro atoms. The molecule has 226 valence electrons. The highest BCUT2D eigenvalue weighted by Crippen LogP contribution is 2.37. The third-order valence-corrected chi connectivity index (χ3v) is 14.8. The molecule has 5 aromatic rings. The summed E-state index contributed by atoms with van der Waals surface area (Å²) in [6.07, 6.45) is 6.18. The maximum atomic E-state index is 12.8. The summed E-state index contributed by atoms with van der Waals surface area (Å²) in [5.74, 6) is -0.338. The molecule has 0 aliphatic heterocycles. The van der Waals surface area contributed by atoms with Crippen LogP contribution in [0, 0.1) is 0 Å². The third kappa shape index (κ3) is 7.38. The van der Waals surface area contributed by atoms with Crippen molar-refractivity contribution >= 4 is 70.0 Å². The maximum absolute atomic E-state index is 12.8. The number of anilines is 1. The van der Waals surface area contributed by atoms with Crippen molar-refractivity contribution in [3.05, 3.63) is 72.9 Å². The summed E-state index contributed by atoms with van der Waals surface area (Å²) in [5.41, 5.74) is 8.46. The molecular formula is C31H38N6O3S2Si. The van der Waals surface area contributed by atoms with Gasteiger partial charge in [-0.2, -0.15) is 0 Å². The number of primary amides is 1. The molecule has 43 heavy (non-hydrogen) atoms. The number of thioether (sulfide) groups is 1. The number of imidazole rings is 1. The van der Waals surface area contributed by atoms with Gasteiger partial charge in [0.2, 0.25) is 5.91 Å². The van der Waals surface area contributed by atoms with E-state index in [1.165, 1.54) is 11.8 Å². The van der Waals surface area contributed by atoms with Gasteiger partial charge in [0.1, 0.15) is 5.69 Å². The van der Waals surface area contributed by atoms with Gasteiger partial charge in [0.15, 0.2) is 12.7 Å². The second-order valence-electron chi connectivity index (χ2n) is 12.2. The van der Waals surface area contributed by atoms with Crippen molar-refractivity contribution in [1.82, 2.24) is 19.1 Å². The first-order valence-corrected chi connectivity index (χ1v) is 18.9. The number of hydrogen-bond acceptors (Lipinski definition) is 7. The lowest BCUT2D eigenvalue weighted by atomic mass is 10.2. The van der Waals surface area contributed by atoms with Gasteiger partial charge in [-0.15, -0.1) is 11.3 Å². The molecular weight excluding hydrogens is 597 g/mol. The van der Waals surface area contributed by atoms with E-state index >= 15 is 0 Å². The van der Waals surface area contributed by atoms with Crippen LogP contribution in [0.5, 0.6) is 0 Å². The number of rotatable bonds is 12. The molecule has 0 aliphatic rings. The van der Waals surface area contributed by atoms with Gasteiger partial charge in [0, 0.05) is 24.6 Å². The van der Waals surface area contributed by atoms with Crippen molar-refractivity contribution in [2.24, 2.45) is 5.73 Å². The predicted octanol–water partition coefficient (Wildman–Crippen LogP) is 6.93. The first kappa shape index (κ1) is 31.0. The van der Waals surface area contributed by atoms with E-state index in [4.69, 9.17) is 10.2 Å². The molecule has 0 fully saturated rings. The molecule has 3 N–H and O–H groups in total. The lowest BCUT2D eigenvalue weighted by molar-refractivity contribution is -0.113. The quantitative estimate of drug-likeness (QED) is 0.114. The number of hydrogen-bond donors (Lipinski definition) is 2. The van der Waals surface area contributed by atoms with Crippen LogP contribution in [0.3, 0.4) is 0 Å². The van der Waals surface area contributed by atoms with Crippen LogP contribution in [0.1, 0.15) is 43.7 Å². The van der Waals surface area contributed by atoms with E-state index in [1.807, 2.05) is 47.0 Å². The zero-order chi connectivity index (χ0) is 30.8. The minimum absolute atomic E-state index is 0.0328. The van der Waals surface area contributed by atoms with Crippen LogP contribution in [0.25, 0.3) is 21.1 Å². The van der Waals surface area contributed by atoms with Gasteiger partial charge in [-0.1, -0.05) is 50.7 Å². The van der Waals surface area contributed by atoms with Crippen molar-refractivity contribution in [2.45, 2.75) is 62.3 Å². The maximum Gasteiger partial charge on any atom is 0.268 e. The molecule has 2 amide bonds. The first-order chi connectivity index (χ1) is 20.4. The molecule has 0 radical (unpaired) electrons. The number of para-hydroxylation sites is 1. The smallest absolute Gasteiger partial charge is 0.268 e. The number of nitrogens with zero attached hydrogens (tertiary/aromatic N) is 4. The Morgan fingerprint density at radius 1 is 1.16 bits per heavy atom. The number of nitrogens with two attached hydrogens (primary N) is 1. The number of nitrogens with one attached hydrogen (secondary N) is 1. The van der Waals surface area contributed by atoms with Gasteiger partial charge in [0.05, 0.1) is 40.5 Å². The van der Waals surface area contributed by atoms with Crippen LogP contribution in [0.4, 0.5) is 5.69 Å². The average Bonchev–Trinajstić information content (AvgIpc) is 3.70. The number of fused-ring (bicyclic) bond motifs is 2. The standard InChI is InChI=1S/C31H38N6O3S2Si/c1-31(2,3)43(4,5)40-18-23(37-17-25(29(32)39)33-20-37)13-15-36-14-12-21-10-11-22(16-26(21)36)34-28(38)19-41-30-35-24-8-6-7-9-27(24)42-30/h6-12,14,16-17,20,23H,13,15,18-19H2,1-5H3,(H2,32,39)(H,34,38)/t23-/m1/s1. The Kier molecular flexibility index (Phi) is 9.11. The predicted molar refractivity (Wildman–Crippen MR) is 178 cm³/mol. The normalized spacial score (nSPS) is 13.0. The summed E-state index contributed by atoms with van der Waals surface area (Å²) in [7, 11) is -1.99. The van der Waals surface area contributed by atoms with E-state index < -0.39 is 14.2 Å². The fourth-order valence-corrected chi connectivity index (χ4v) is 7.40. The molecule has 9 nitrogen and oxygen atoms in total. The second kappa shape index (κ2) is 12.6. The van der Waals surface area contributed by atoms with Crippen LogP contribution < -0.4 is 11.1 Å². The van der Waals surface area contributed by atoms with Crippen LogP contribution in [-0.4, -0.2) is 51.6 Å².